The molecule has 0 bridgehead atoms. The summed E-state index contributed by atoms with van der Waals surface area (Å²) in [5.74, 6) is -0.919. The molecule has 0 radical (unpaired) electrons. The van der Waals surface area contributed by atoms with Gasteiger partial charge in [0.25, 0.3) is 0 Å². The van der Waals surface area contributed by atoms with Crippen LogP contribution in [0.3, 0.4) is 0 Å². The van der Waals surface area contributed by atoms with Crippen LogP contribution in [0.4, 0.5) is 0 Å². The number of rotatable bonds is 53. The maximum atomic E-state index is 12.9. The van der Waals surface area contributed by atoms with E-state index in [1.165, 1.54) is 109 Å². The predicted octanol–water partition coefficient (Wildman–Crippen LogP) is 20.1. The van der Waals surface area contributed by atoms with Crippen LogP contribution in [0.5, 0.6) is 0 Å². The molecule has 1 unspecified atom stereocenters. The third kappa shape index (κ3) is 57.1. The van der Waals surface area contributed by atoms with Crippen molar-refractivity contribution in [2.75, 3.05) is 13.2 Å². The van der Waals surface area contributed by atoms with Gasteiger partial charge in [-0.15, -0.1) is 0 Å². The summed E-state index contributed by atoms with van der Waals surface area (Å²) in [5.41, 5.74) is 0. The Hall–Kier alpha value is -3.67. The molecule has 0 rings (SSSR count). The molecule has 1 atom stereocenters. The highest BCUT2D eigenvalue weighted by atomic mass is 16.6. The number of unbranched alkanes of at least 4 members (excludes halogenated alkanes) is 26. The number of ether oxygens (including phenoxy) is 3. The molecule has 0 aliphatic carbocycles. The maximum Gasteiger partial charge on any atom is 0.306 e. The Kier molecular flexibility index (Phi) is 55.9. The molecule has 0 aromatic carbocycles. The van der Waals surface area contributed by atoms with E-state index < -0.39 is 6.10 Å². The van der Waals surface area contributed by atoms with Gasteiger partial charge in [-0.05, 0) is 122 Å². The molecule has 0 amide bonds. The summed E-state index contributed by atoms with van der Waals surface area (Å²) in [6.45, 7) is 6.48. The van der Waals surface area contributed by atoms with E-state index in [4.69, 9.17) is 14.2 Å². The molecule has 0 aromatic heterocycles. The largest absolute Gasteiger partial charge is 0.462 e. The Labute approximate surface area is 438 Å². The zero-order valence-corrected chi connectivity index (χ0v) is 46.5. The van der Waals surface area contributed by atoms with Crippen molar-refractivity contribution in [3.8, 4) is 0 Å². The highest BCUT2D eigenvalue weighted by molar-refractivity contribution is 5.71. The Morgan fingerprint density at radius 2 is 0.549 bits per heavy atom. The number of hydrogen-bond donors (Lipinski definition) is 0. The number of esters is 3. The number of carbonyl (C=O) groups is 3. The van der Waals surface area contributed by atoms with Gasteiger partial charge in [0.1, 0.15) is 13.2 Å². The van der Waals surface area contributed by atoms with Crippen molar-refractivity contribution >= 4 is 17.9 Å². The van der Waals surface area contributed by atoms with Gasteiger partial charge in [-0.1, -0.05) is 234 Å². The minimum absolute atomic E-state index is 0.0911. The van der Waals surface area contributed by atoms with Crippen LogP contribution in [0.25, 0.3) is 0 Å². The number of hydrogen-bond acceptors (Lipinski definition) is 6. The predicted molar refractivity (Wildman–Crippen MR) is 307 cm³/mol. The van der Waals surface area contributed by atoms with E-state index in [1.807, 2.05) is 0 Å². The van der Waals surface area contributed by atoms with Gasteiger partial charge in [0, 0.05) is 19.3 Å². The first-order valence-corrected chi connectivity index (χ1v) is 29.7. The van der Waals surface area contributed by atoms with Crippen LogP contribution in [0.2, 0.25) is 0 Å². The fourth-order valence-corrected chi connectivity index (χ4v) is 8.08. The molecule has 0 saturated carbocycles. The molecule has 0 saturated heterocycles. The lowest BCUT2D eigenvalue weighted by Crippen LogP contribution is -2.30. The second kappa shape index (κ2) is 58.9. The van der Waals surface area contributed by atoms with Crippen LogP contribution >= 0.6 is 0 Å². The first-order valence-electron chi connectivity index (χ1n) is 29.7. The third-order valence-electron chi connectivity index (χ3n) is 12.5. The van der Waals surface area contributed by atoms with Crippen molar-refractivity contribution in [1.82, 2.24) is 0 Å². The second-order valence-corrected chi connectivity index (χ2v) is 19.5. The lowest BCUT2D eigenvalue weighted by Gasteiger charge is -2.18. The standard InChI is InChI=1S/C65H110O6/c1-4-7-10-13-16-19-22-25-28-30-31-32-33-34-35-36-38-40-43-46-49-52-55-58-64(67)70-61-62(60-69-63(66)57-54-51-48-45-42-39-27-24-21-18-15-12-9-6-3)71-65(68)59-56-53-50-47-44-41-37-29-26-23-20-17-14-11-8-5-2/h7,10,16,19-20,23-25,27-29,31-32,34-35,37,62H,4-6,8-9,11-15,17-18,21-22,26,30,33,36,38-61H2,1-3H3/b10-7-,19-16-,23-20-,27-24-,28-25-,32-31-,35-34-,37-29-. The van der Waals surface area contributed by atoms with E-state index in [0.717, 1.165) is 128 Å². The fraction of sp³-hybridized carbons (Fsp3) is 0.708. The molecule has 0 aromatic rings. The topological polar surface area (TPSA) is 78.9 Å². The van der Waals surface area contributed by atoms with E-state index >= 15 is 0 Å². The SMILES string of the molecule is CC/C=C\C/C=C\C/C=C\C/C=C\C/C=C\CCCCCCCCCC(=O)OCC(COC(=O)CCCCCCC/C=C\CCCCCCC)OC(=O)CCCCCCC/C=C\C/C=C\CCCCCC. The Balaban J connectivity index is 4.41. The molecule has 0 heterocycles. The average molecular weight is 988 g/mol. The Morgan fingerprint density at radius 1 is 0.296 bits per heavy atom. The van der Waals surface area contributed by atoms with Gasteiger partial charge in [-0.25, -0.2) is 0 Å². The van der Waals surface area contributed by atoms with Gasteiger partial charge < -0.3 is 14.2 Å². The zero-order valence-electron chi connectivity index (χ0n) is 46.5. The molecule has 0 fully saturated rings. The molecule has 0 N–H and O–H groups in total. The van der Waals surface area contributed by atoms with Crippen molar-refractivity contribution in [1.29, 1.82) is 0 Å². The molecule has 406 valence electrons. The Bertz CT molecular complexity index is 1410. The molecule has 0 aliphatic heterocycles. The minimum atomic E-state index is -0.794. The van der Waals surface area contributed by atoms with Gasteiger partial charge in [-0.3, -0.25) is 14.4 Å². The van der Waals surface area contributed by atoms with Crippen molar-refractivity contribution in [3.05, 3.63) is 97.2 Å². The lowest BCUT2D eigenvalue weighted by molar-refractivity contribution is -0.167. The Morgan fingerprint density at radius 3 is 0.887 bits per heavy atom. The summed E-state index contributed by atoms with van der Waals surface area (Å²) in [5, 5.41) is 0. The van der Waals surface area contributed by atoms with Gasteiger partial charge >= 0.3 is 17.9 Å². The third-order valence-corrected chi connectivity index (χ3v) is 12.5. The van der Waals surface area contributed by atoms with E-state index in [0.29, 0.717) is 19.3 Å². The summed E-state index contributed by atoms with van der Waals surface area (Å²) < 4.78 is 16.9. The fourth-order valence-electron chi connectivity index (χ4n) is 8.08. The molecular weight excluding hydrogens is 877 g/mol. The van der Waals surface area contributed by atoms with Gasteiger partial charge in [0.2, 0.25) is 0 Å². The average Bonchev–Trinajstić information content (AvgIpc) is 3.37. The van der Waals surface area contributed by atoms with Gasteiger partial charge in [0.15, 0.2) is 6.10 Å². The molecule has 6 nitrogen and oxygen atoms in total. The monoisotopic (exact) mass is 987 g/mol. The summed E-state index contributed by atoms with van der Waals surface area (Å²) in [7, 11) is 0. The van der Waals surface area contributed by atoms with E-state index in [9.17, 15) is 14.4 Å². The molecule has 0 aliphatic rings. The van der Waals surface area contributed by atoms with Crippen LogP contribution in [-0.4, -0.2) is 37.2 Å². The summed E-state index contributed by atoms with van der Waals surface area (Å²) in [4.78, 5) is 38.2. The minimum Gasteiger partial charge on any atom is -0.462 e. The zero-order chi connectivity index (χ0) is 51.4. The highest BCUT2D eigenvalue weighted by Gasteiger charge is 2.19. The normalized spacial score (nSPS) is 12.8. The molecule has 0 spiro atoms. The van der Waals surface area contributed by atoms with Crippen molar-refractivity contribution in [3.63, 3.8) is 0 Å². The summed E-state index contributed by atoms with van der Waals surface area (Å²) in [6, 6.07) is 0. The molecular formula is C65H110O6. The smallest absolute Gasteiger partial charge is 0.306 e. The van der Waals surface area contributed by atoms with Crippen molar-refractivity contribution in [2.45, 2.75) is 284 Å². The number of carbonyl (C=O) groups excluding carboxylic acids is 3. The highest BCUT2D eigenvalue weighted by Crippen LogP contribution is 2.14. The van der Waals surface area contributed by atoms with E-state index in [1.54, 1.807) is 0 Å². The van der Waals surface area contributed by atoms with Crippen LogP contribution in [-0.2, 0) is 28.6 Å². The molecule has 71 heavy (non-hydrogen) atoms. The second-order valence-electron chi connectivity index (χ2n) is 19.5. The van der Waals surface area contributed by atoms with E-state index in [2.05, 4.69) is 118 Å². The molecule has 6 heteroatoms. The quantitative estimate of drug-likeness (QED) is 0.0261. The number of allylic oxidation sites excluding steroid dienone is 16. The van der Waals surface area contributed by atoms with Crippen LogP contribution in [0, 0.1) is 0 Å². The first kappa shape index (κ1) is 67.3. The van der Waals surface area contributed by atoms with Crippen molar-refractivity contribution in [2.24, 2.45) is 0 Å². The van der Waals surface area contributed by atoms with Crippen molar-refractivity contribution < 1.29 is 28.6 Å². The summed E-state index contributed by atoms with van der Waals surface area (Å²) >= 11 is 0. The van der Waals surface area contributed by atoms with Crippen LogP contribution < -0.4 is 0 Å². The summed E-state index contributed by atoms with van der Waals surface area (Å²) in [6.07, 6.45) is 78.2. The maximum absolute atomic E-state index is 12.9. The first-order chi connectivity index (χ1) is 35.0. The van der Waals surface area contributed by atoms with Gasteiger partial charge in [-0.2, -0.15) is 0 Å². The lowest BCUT2D eigenvalue weighted by atomic mass is 10.1. The van der Waals surface area contributed by atoms with Gasteiger partial charge in [0.05, 0.1) is 0 Å². The van der Waals surface area contributed by atoms with E-state index in [-0.39, 0.29) is 31.1 Å². The van der Waals surface area contributed by atoms with Crippen LogP contribution in [0.1, 0.15) is 278 Å². The van der Waals surface area contributed by atoms with Crippen LogP contribution in [0.15, 0.2) is 97.2 Å².